The number of nitrogens with two attached hydrogens (primary N) is 1. The summed E-state index contributed by atoms with van der Waals surface area (Å²) in [7, 11) is 0. The second-order valence-corrected chi connectivity index (χ2v) is 6.62. The van der Waals surface area contributed by atoms with Gasteiger partial charge in [0.2, 0.25) is 5.95 Å². The molecule has 1 aliphatic heterocycles. The molecule has 0 aromatic carbocycles. The van der Waals surface area contributed by atoms with E-state index in [1.165, 1.54) is 5.56 Å². The van der Waals surface area contributed by atoms with Crippen molar-refractivity contribution in [3.8, 4) is 0 Å². The van der Waals surface area contributed by atoms with Crippen LogP contribution in [0.25, 0.3) is 0 Å². The summed E-state index contributed by atoms with van der Waals surface area (Å²) >= 11 is 0. The predicted molar refractivity (Wildman–Crippen MR) is 87.7 cm³/mol. The average molecular weight is 318 g/mol. The van der Waals surface area contributed by atoms with Crippen molar-refractivity contribution in [2.24, 2.45) is 11.8 Å². The highest BCUT2D eigenvalue weighted by atomic mass is 16.5. The van der Waals surface area contributed by atoms with Crippen molar-refractivity contribution in [1.29, 1.82) is 0 Å². The number of likely N-dealkylation sites (tertiary alicyclic amines) is 1. The lowest BCUT2D eigenvalue weighted by atomic mass is 9.74. The van der Waals surface area contributed by atoms with Gasteiger partial charge in [0, 0.05) is 24.5 Å². The van der Waals surface area contributed by atoms with E-state index in [4.69, 9.17) is 10.5 Å². The van der Waals surface area contributed by atoms with Gasteiger partial charge in [0.05, 0.1) is 12.5 Å². The lowest BCUT2D eigenvalue weighted by Gasteiger charge is -2.46. The smallest absolute Gasteiger partial charge is 0.310 e. The molecule has 0 unspecified atom stereocenters. The fourth-order valence-electron chi connectivity index (χ4n) is 4.08. The molecule has 23 heavy (non-hydrogen) atoms. The first-order chi connectivity index (χ1) is 11.1. The van der Waals surface area contributed by atoms with Crippen LogP contribution in [0.1, 0.15) is 37.9 Å². The van der Waals surface area contributed by atoms with Gasteiger partial charge < -0.3 is 10.5 Å². The van der Waals surface area contributed by atoms with Crippen LogP contribution in [0.2, 0.25) is 0 Å². The van der Waals surface area contributed by atoms with Crippen LogP contribution in [0.15, 0.2) is 6.20 Å². The molecule has 1 aliphatic carbocycles. The second kappa shape index (κ2) is 6.83. The molecule has 6 heteroatoms. The Morgan fingerprint density at radius 3 is 3.00 bits per heavy atom. The van der Waals surface area contributed by atoms with Crippen molar-refractivity contribution in [1.82, 2.24) is 14.9 Å². The Balaban J connectivity index is 1.82. The standard InChI is InChI=1S/C17H26N4O2/c1-3-5-21-10-13(16(22)23-4-2)6-11-7-14-12(8-15(11)21)9-19-17(18)20-14/h9,11,13,15H,3-8,10H2,1-2H3,(H2,18,19,20)/t11-,13-,15-/m1/s1. The van der Waals surface area contributed by atoms with Crippen LogP contribution in [0.5, 0.6) is 0 Å². The van der Waals surface area contributed by atoms with Crippen molar-refractivity contribution < 1.29 is 9.53 Å². The van der Waals surface area contributed by atoms with Gasteiger partial charge in [0.25, 0.3) is 0 Å². The van der Waals surface area contributed by atoms with Gasteiger partial charge in [0.15, 0.2) is 0 Å². The topological polar surface area (TPSA) is 81.3 Å². The zero-order valence-corrected chi connectivity index (χ0v) is 14.0. The molecular weight excluding hydrogens is 292 g/mol. The van der Waals surface area contributed by atoms with Gasteiger partial charge in [-0.1, -0.05) is 6.92 Å². The number of nitrogen functional groups attached to an aromatic ring is 1. The third-order valence-corrected chi connectivity index (χ3v) is 5.04. The first-order valence-corrected chi connectivity index (χ1v) is 8.63. The molecule has 1 aromatic heterocycles. The normalized spacial score (nSPS) is 27.1. The van der Waals surface area contributed by atoms with E-state index >= 15 is 0 Å². The highest BCUT2D eigenvalue weighted by molar-refractivity contribution is 5.73. The molecule has 0 amide bonds. The maximum absolute atomic E-state index is 12.2. The Labute approximate surface area is 137 Å². The zero-order chi connectivity index (χ0) is 16.4. The molecule has 3 atom stereocenters. The monoisotopic (exact) mass is 318 g/mol. The van der Waals surface area contributed by atoms with Crippen LogP contribution in [0.3, 0.4) is 0 Å². The van der Waals surface area contributed by atoms with E-state index in [9.17, 15) is 4.79 Å². The van der Waals surface area contributed by atoms with Crippen LogP contribution < -0.4 is 5.73 Å². The van der Waals surface area contributed by atoms with Crippen LogP contribution in [-0.2, 0) is 22.4 Å². The van der Waals surface area contributed by atoms with Crippen LogP contribution in [0.4, 0.5) is 5.95 Å². The van der Waals surface area contributed by atoms with Crippen LogP contribution in [-0.4, -0.2) is 46.6 Å². The first kappa shape index (κ1) is 16.2. The van der Waals surface area contributed by atoms with Gasteiger partial charge in [0.1, 0.15) is 0 Å². The fourth-order valence-corrected chi connectivity index (χ4v) is 4.08. The molecule has 0 radical (unpaired) electrons. The van der Waals surface area contributed by atoms with Gasteiger partial charge >= 0.3 is 5.97 Å². The number of hydrogen-bond donors (Lipinski definition) is 1. The lowest BCUT2D eigenvalue weighted by molar-refractivity contribution is -0.152. The number of piperidine rings is 1. The highest BCUT2D eigenvalue weighted by Crippen LogP contribution is 2.37. The van der Waals surface area contributed by atoms with Gasteiger partial charge in [-0.3, -0.25) is 9.69 Å². The van der Waals surface area contributed by atoms with Crippen LogP contribution >= 0.6 is 0 Å². The van der Waals surface area contributed by atoms with E-state index in [0.29, 0.717) is 24.5 Å². The number of aromatic nitrogens is 2. The molecule has 0 spiro atoms. The average Bonchev–Trinajstić information content (AvgIpc) is 2.53. The summed E-state index contributed by atoms with van der Waals surface area (Å²) < 4.78 is 5.26. The Morgan fingerprint density at radius 1 is 1.43 bits per heavy atom. The lowest BCUT2D eigenvalue weighted by Crippen LogP contribution is -2.54. The number of fused-ring (bicyclic) bond motifs is 2. The summed E-state index contributed by atoms with van der Waals surface area (Å²) in [6, 6.07) is 0.473. The van der Waals surface area contributed by atoms with Gasteiger partial charge in [-0.25, -0.2) is 9.97 Å². The van der Waals surface area contributed by atoms with Gasteiger partial charge in [-0.15, -0.1) is 0 Å². The number of esters is 1. The molecule has 0 bridgehead atoms. The molecule has 3 rings (SSSR count). The predicted octanol–water partition coefficient (Wildman–Crippen LogP) is 1.44. The summed E-state index contributed by atoms with van der Waals surface area (Å²) in [5.74, 6) is 0.695. The third kappa shape index (κ3) is 3.32. The summed E-state index contributed by atoms with van der Waals surface area (Å²) in [6.45, 7) is 6.32. The maximum Gasteiger partial charge on any atom is 0.310 e. The number of anilines is 1. The summed E-state index contributed by atoms with van der Waals surface area (Å²) in [6.07, 6.45) is 5.67. The zero-order valence-electron chi connectivity index (χ0n) is 14.0. The Bertz CT molecular complexity index is 578. The highest BCUT2D eigenvalue weighted by Gasteiger charge is 2.41. The minimum absolute atomic E-state index is 0.0246. The Hall–Kier alpha value is -1.69. The third-order valence-electron chi connectivity index (χ3n) is 5.04. The molecule has 1 aromatic rings. The number of hydrogen-bond acceptors (Lipinski definition) is 6. The largest absolute Gasteiger partial charge is 0.466 e. The summed E-state index contributed by atoms with van der Waals surface area (Å²) in [5.41, 5.74) is 7.99. The SMILES string of the molecule is CCCN1C[C@H](C(=O)OCC)C[C@@H]2Cc3nc(N)ncc3C[C@H]21. The molecule has 1 fully saturated rings. The molecule has 0 saturated carbocycles. The van der Waals surface area contributed by atoms with Crippen molar-refractivity contribution in [3.63, 3.8) is 0 Å². The number of rotatable bonds is 4. The van der Waals surface area contributed by atoms with Crippen molar-refractivity contribution in [2.45, 2.75) is 45.6 Å². The minimum atomic E-state index is -0.0555. The Kier molecular flexibility index (Phi) is 4.80. The van der Waals surface area contributed by atoms with Crippen LogP contribution in [0, 0.1) is 11.8 Å². The summed E-state index contributed by atoms with van der Waals surface area (Å²) in [4.78, 5) is 23.3. The number of ether oxygens (including phenoxy) is 1. The molecule has 126 valence electrons. The summed E-state index contributed by atoms with van der Waals surface area (Å²) in [5, 5.41) is 0. The second-order valence-electron chi connectivity index (χ2n) is 6.62. The molecule has 2 heterocycles. The minimum Gasteiger partial charge on any atom is -0.466 e. The van der Waals surface area contributed by atoms with E-state index in [1.807, 2.05) is 13.1 Å². The molecular formula is C17H26N4O2. The van der Waals surface area contributed by atoms with E-state index < -0.39 is 0 Å². The van der Waals surface area contributed by atoms with E-state index in [1.54, 1.807) is 0 Å². The van der Waals surface area contributed by atoms with E-state index in [-0.39, 0.29) is 11.9 Å². The van der Waals surface area contributed by atoms with E-state index in [0.717, 1.165) is 44.5 Å². The number of nitrogens with zero attached hydrogens (tertiary/aromatic N) is 3. The molecule has 2 N–H and O–H groups in total. The number of carbonyl (C=O) groups is 1. The van der Waals surface area contributed by atoms with Crippen molar-refractivity contribution in [2.75, 3.05) is 25.4 Å². The quantitative estimate of drug-likeness (QED) is 0.846. The van der Waals surface area contributed by atoms with Crippen molar-refractivity contribution >= 4 is 11.9 Å². The molecule has 1 saturated heterocycles. The maximum atomic E-state index is 12.2. The van der Waals surface area contributed by atoms with Gasteiger partial charge in [-0.05, 0) is 50.6 Å². The Morgan fingerprint density at radius 2 is 2.26 bits per heavy atom. The molecule has 6 nitrogen and oxygen atoms in total. The van der Waals surface area contributed by atoms with Crippen molar-refractivity contribution in [3.05, 3.63) is 17.5 Å². The van der Waals surface area contributed by atoms with E-state index in [2.05, 4.69) is 21.8 Å². The fraction of sp³-hybridized carbons (Fsp3) is 0.706. The first-order valence-electron chi connectivity index (χ1n) is 8.63. The van der Waals surface area contributed by atoms with Gasteiger partial charge in [-0.2, -0.15) is 0 Å². The molecule has 2 aliphatic rings. The number of carbonyl (C=O) groups excluding carboxylic acids is 1.